The molecule has 1 atom stereocenters. The second-order valence-corrected chi connectivity index (χ2v) is 5.58. The largest absolute Gasteiger partial charge is 0.495 e. The predicted molar refractivity (Wildman–Crippen MR) is 89.0 cm³/mol. The Morgan fingerprint density at radius 3 is 2.52 bits per heavy atom. The molecule has 118 valence electrons. The molecule has 1 aliphatic heterocycles. The topological polar surface area (TPSA) is 58.6 Å². The Hall–Kier alpha value is -2.53. The average molecular weight is 331 g/mol. The minimum atomic E-state index is -0.603. The molecule has 1 heterocycles. The van der Waals surface area contributed by atoms with Gasteiger partial charge in [0.2, 0.25) is 5.91 Å². The smallest absolute Gasteiger partial charge is 0.256 e. The molecule has 0 saturated carbocycles. The number of hydrogen-bond acceptors (Lipinski definition) is 4. The molecule has 0 radical (unpaired) electrons. The summed E-state index contributed by atoms with van der Waals surface area (Å²) in [5.41, 5.74) is 1.20. The number of anilines is 2. The van der Waals surface area contributed by atoms with E-state index >= 15 is 0 Å². The van der Waals surface area contributed by atoms with Crippen LogP contribution in [0.2, 0.25) is 5.02 Å². The zero-order valence-electron chi connectivity index (χ0n) is 12.5. The van der Waals surface area contributed by atoms with Crippen LogP contribution in [-0.4, -0.2) is 25.0 Å². The van der Waals surface area contributed by atoms with Crippen LogP contribution >= 0.6 is 11.6 Å². The van der Waals surface area contributed by atoms with Gasteiger partial charge in [0, 0.05) is 10.7 Å². The zero-order valence-corrected chi connectivity index (χ0v) is 13.2. The van der Waals surface area contributed by atoms with Crippen molar-refractivity contribution in [2.75, 3.05) is 17.3 Å². The van der Waals surface area contributed by atoms with Gasteiger partial charge in [0.1, 0.15) is 11.8 Å². The van der Waals surface area contributed by atoms with Gasteiger partial charge in [-0.3, -0.25) is 9.59 Å². The summed E-state index contributed by atoms with van der Waals surface area (Å²) in [4.78, 5) is 26.1. The third-order valence-electron chi connectivity index (χ3n) is 3.66. The van der Waals surface area contributed by atoms with Crippen molar-refractivity contribution in [3.05, 3.63) is 53.6 Å². The van der Waals surface area contributed by atoms with Gasteiger partial charge in [-0.15, -0.1) is 0 Å². The van der Waals surface area contributed by atoms with Gasteiger partial charge in [0.15, 0.2) is 0 Å². The van der Waals surface area contributed by atoms with Crippen molar-refractivity contribution in [2.24, 2.45) is 0 Å². The molecule has 0 bridgehead atoms. The van der Waals surface area contributed by atoms with Gasteiger partial charge in [-0.25, -0.2) is 4.90 Å². The van der Waals surface area contributed by atoms with Crippen LogP contribution in [-0.2, 0) is 9.59 Å². The summed E-state index contributed by atoms with van der Waals surface area (Å²) in [6, 6.07) is 13.3. The summed E-state index contributed by atoms with van der Waals surface area (Å²) in [5, 5.41) is 3.69. The maximum Gasteiger partial charge on any atom is 0.256 e. The van der Waals surface area contributed by atoms with Crippen molar-refractivity contribution in [1.82, 2.24) is 0 Å². The van der Waals surface area contributed by atoms with Crippen molar-refractivity contribution in [2.45, 2.75) is 12.5 Å². The number of ether oxygens (including phenoxy) is 1. The van der Waals surface area contributed by atoms with E-state index in [2.05, 4.69) is 5.32 Å². The Morgan fingerprint density at radius 1 is 1.13 bits per heavy atom. The second-order valence-electron chi connectivity index (χ2n) is 5.15. The van der Waals surface area contributed by atoms with E-state index in [0.717, 1.165) is 5.69 Å². The molecule has 0 spiro atoms. The van der Waals surface area contributed by atoms with Crippen LogP contribution in [0.4, 0.5) is 11.4 Å². The molecule has 2 aromatic rings. The van der Waals surface area contributed by atoms with E-state index in [4.69, 9.17) is 16.3 Å². The number of methoxy groups -OCH3 is 1. The number of imide groups is 1. The minimum absolute atomic E-state index is 0.0967. The standard InChI is InChI=1S/C17H15ClN2O3/c1-23-15-5-3-2-4-14(15)20-16(21)10-13(17(20)22)19-12-8-6-11(18)7-9-12/h2-9,13,19H,10H2,1H3. The molecule has 2 amide bonds. The normalized spacial score (nSPS) is 17.5. The Morgan fingerprint density at radius 2 is 1.83 bits per heavy atom. The number of carbonyl (C=O) groups is 2. The molecular weight excluding hydrogens is 316 g/mol. The molecular formula is C17H15ClN2O3. The molecule has 1 saturated heterocycles. The van der Waals surface area contributed by atoms with Gasteiger partial charge >= 0.3 is 0 Å². The number of benzene rings is 2. The van der Waals surface area contributed by atoms with Gasteiger partial charge in [-0.1, -0.05) is 23.7 Å². The fourth-order valence-corrected chi connectivity index (χ4v) is 2.69. The summed E-state index contributed by atoms with van der Waals surface area (Å²) >= 11 is 5.85. The molecule has 1 aliphatic rings. The lowest BCUT2D eigenvalue weighted by atomic mass is 10.2. The van der Waals surface area contributed by atoms with Crippen molar-refractivity contribution in [1.29, 1.82) is 0 Å². The quantitative estimate of drug-likeness (QED) is 0.875. The summed E-state index contributed by atoms with van der Waals surface area (Å²) < 4.78 is 5.24. The van der Waals surface area contributed by atoms with Crippen molar-refractivity contribution >= 4 is 34.8 Å². The van der Waals surface area contributed by atoms with E-state index in [1.54, 1.807) is 48.5 Å². The number of para-hydroxylation sites is 2. The maximum atomic E-state index is 12.6. The molecule has 23 heavy (non-hydrogen) atoms. The fraction of sp³-hybridized carbons (Fsp3) is 0.176. The van der Waals surface area contributed by atoms with Gasteiger partial charge < -0.3 is 10.1 Å². The molecule has 2 aromatic carbocycles. The van der Waals surface area contributed by atoms with E-state index < -0.39 is 6.04 Å². The molecule has 0 aromatic heterocycles. The van der Waals surface area contributed by atoms with Crippen LogP contribution in [0.1, 0.15) is 6.42 Å². The third kappa shape index (κ3) is 3.00. The minimum Gasteiger partial charge on any atom is -0.495 e. The van der Waals surface area contributed by atoms with E-state index in [1.807, 2.05) is 0 Å². The molecule has 5 nitrogen and oxygen atoms in total. The van der Waals surface area contributed by atoms with Crippen LogP contribution in [0.15, 0.2) is 48.5 Å². The number of nitrogens with zero attached hydrogens (tertiary/aromatic N) is 1. The number of hydrogen-bond donors (Lipinski definition) is 1. The van der Waals surface area contributed by atoms with E-state index in [1.165, 1.54) is 12.0 Å². The molecule has 1 unspecified atom stereocenters. The molecule has 1 fully saturated rings. The van der Waals surface area contributed by atoms with Crippen LogP contribution in [0.25, 0.3) is 0 Å². The first-order chi connectivity index (χ1) is 11.1. The van der Waals surface area contributed by atoms with E-state index in [0.29, 0.717) is 16.5 Å². The van der Waals surface area contributed by atoms with Crippen molar-refractivity contribution in [3.8, 4) is 5.75 Å². The second kappa shape index (κ2) is 6.30. The number of carbonyl (C=O) groups excluding carboxylic acids is 2. The summed E-state index contributed by atoms with van der Waals surface area (Å²) in [5.74, 6) is -0.0678. The van der Waals surface area contributed by atoms with Crippen LogP contribution in [0.3, 0.4) is 0 Å². The summed E-state index contributed by atoms with van der Waals surface area (Å²) in [6.07, 6.45) is 0.0967. The Kier molecular flexibility index (Phi) is 4.21. The SMILES string of the molecule is COc1ccccc1N1C(=O)CC(Nc2ccc(Cl)cc2)C1=O. The van der Waals surface area contributed by atoms with E-state index in [9.17, 15) is 9.59 Å². The van der Waals surface area contributed by atoms with Gasteiger partial charge in [-0.2, -0.15) is 0 Å². The van der Waals surface area contributed by atoms with Crippen molar-refractivity contribution < 1.29 is 14.3 Å². The van der Waals surface area contributed by atoms with Gasteiger partial charge in [0.05, 0.1) is 19.2 Å². The summed E-state index contributed by atoms with van der Waals surface area (Å²) in [7, 11) is 1.51. The molecule has 0 aliphatic carbocycles. The Bertz CT molecular complexity index is 746. The highest BCUT2D eigenvalue weighted by Gasteiger charge is 2.40. The van der Waals surface area contributed by atoms with Gasteiger partial charge in [0.25, 0.3) is 5.91 Å². The predicted octanol–water partition coefficient (Wildman–Crippen LogP) is 3.09. The third-order valence-corrected chi connectivity index (χ3v) is 3.91. The Balaban J connectivity index is 1.84. The summed E-state index contributed by atoms with van der Waals surface area (Å²) in [6.45, 7) is 0. The lowest BCUT2D eigenvalue weighted by Gasteiger charge is -2.18. The first-order valence-corrected chi connectivity index (χ1v) is 7.50. The van der Waals surface area contributed by atoms with Crippen LogP contribution in [0, 0.1) is 0 Å². The first kappa shape index (κ1) is 15.4. The number of halogens is 1. The molecule has 6 heteroatoms. The van der Waals surface area contributed by atoms with Gasteiger partial charge in [-0.05, 0) is 36.4 Å². The maximum absolute atomic E-state index is 12.6. The van der Waals surface area contributed by atoms with Crippen LogP contribution in [0.5, 0.6) is 5.75 Å². The highest BCUT2D eigenvalue weighted by Crippen LogP contribution is 2.32. The Labute approximate surface area is 138 Å². The zero-order chi connectivity index (χ0) is 16.4. The fourth-order valence-electron chi connectivity index (χ4n) is 2.56. The lowest BCUT2D eigenvalue weighted by Crippen LogP contribution is -2.35. The van der Waals surface area contributed by atoms with E-state index in [-0.39, 0.29) is 18.2 Å². The number of amides is 2. The van der Waals surface area contributed by atoms with Crippen LogP contribution < -0.4 is 15.0 Å². The first-order valence-electron chi connectivity index (χ1n) is 7.12. The number of rotatable bonds is 4. The highest BCUT2D eigenvalue weighted by molar-refractivity contribution is 6.30. The highest BCUT2D eigenvalue weighted by atomic mass is 35.5. The lowest BCUT2D eigenvalue weighted by molar-refractivity contribution is -0.121. The molecule has 3 rings (SSSR count). The van der Waals surface area contributed by atoms with Crippen molar-refractivity contribution in [3.63, 3.8) is 0 Å². The number of nitrogens with one attached hydrogen (secondary N) is 1. The monoisotopic (exact) mass is 330 g/mol. The molecule has 1 N–H and O–H groups in total. The average Bonchev–Trinajstić information content (AvgIpc) is 2.83.